The normalized spacial score (nSPS) is 12.6. The van der Waals surface area contributed by atoms with E-state index in [0.29, 0.717) is 16.3 Å². The molecule has 0 aliphatic heterocycles. The third-order valence-electron chi connectivity index (χ3n) is 1.95. The van der Waals surface area contributed by atoms with Crippen LogP contribution in [0, 0.1) is 0 Å². The van der Waals surface area contributed by atoms with Gasteiger partial charge >= 0.3 is 0 Å². The van der Waals surface area contributed by atoms with Crippen LogP contribution in [-0.4, -0.2) is 18.8 Å². The fourth-order valence-electron chi connectivity index (χ4n) is 1.13. The van der Waals surface area contributed by atoms with Gasteiger partial charge in [0.1, 0.15) is 0 Å². The standard InChI is InChI=1S/C9H13ClN2O2/c1-14-9-2-5(7(12)4-11)6(10)3-8(9)13/h2-3,7,13H,4,11-12H2,1H3/t7-/m1/s1. The predicted octanol–water partition coefficient (Wildman–Crippen LogP) is 1.01. The first-order valence-electron chi connectivity index (χ1n) is 4.12. The van der Waals surface area contributed by atoms with Crippen LogP contribution in [0.3, 0.4) is 0 Å². The molecule has 0 heterocycles. The quantitative estimate of drug-likeness (QED) is 0.705. The van der Waals surface area contributed by atoms with Crippen LogP contribution >= 0.6 is 11.6 Å². The number of aromatic hydroxyl groups is 1. The van der Waals surface area contributed by atoms with Gasteiger partial charge in [-0.25, -0.2) is 0 Å². The first-order chi connectivity index (χ1) is 6.60. The van der Waals surface area contributed by atoms with Crippen molar-refractivity contribution in [3.63, 3.8) is 0 Å². The van der Waals surface area contributed by atoms with Crippen molar-refractivity contribution in [1.82, 2.24) is 0 Å². The number of phenolic OH excluding ortho intramolecular Hbond substituents is 1. The van der Waals surface area contributed by atoms with Gasteiger partial charge in [0.15, 0.2) is 11.5 Å². The summed E-state index contributed by atoms with van der Waals surface area (Å²) < 4.78 is 4.93. The molecule has 78 valence electrons. The van der Waals surface area contributed by atoms with Crippen molar-refractivity contribution >= 4 is 11.6 Å². The molecule has 5 N–H and O–H groups in total. The molecule has 1 rings (SSSR count). The highest BCUT2D eigenvalue weighted by molar-refractivity contribution is 6.31. The molecule has 14 heavy (non-hydrogen) atoms. The highest BCUT2D eigenvalue weighted by Crippen LogP contribution is 2.34. The van der Waals surface area contributed by atoms with Crippen molar-refractivity contribution in [3.05, 3.63) is 22.7 Å². The van der Waals surface area contributed by atoms with E-state index in [1.807, 2.05) is 0 Å². The number of phenols is 1. The second-order valence-corrected chi connectivity index (χ2v) is 3.29. The fourth-order valence-corrected chi connectivity index (χ4v) is 1.43. The van der Waals surface area contributed by atoms with Gasteiger partial charge < -0.3 is 21.3 Å². The second kappa shape index (κ2) is 4.50. The Balaban J connectivity index is 3.17. The van der Waals surface area contributed by atoms with Crippen molar-refractivity contribution in [2.24, 2.45) is 11.5 Å². The summed E-state index contributed by atoms with van der Waals surface area (Å²) in [5.74, 6) is 0.332. The Morgan fingerprint density at radius 3 is 2.71 bits per heavy atom. The van der Waals surface area contributed by atoms with Gasteiger partial charge in [-0.3, -0.25) is 0 Å². The van der Waals surface area contributed by atoms with E-state index < -0.39 is 0 Å². The van der Waals surface area contributed by atoms with Gasteiger partial charge in [-0.2, -0.15) is 0 Å². The summed E-state index contributed by atoms with van der Waals surface area (Å²) >= 11 is 5.88. The van der Waals surface area contributed by atoms with Crippen LogP contribution in [0.15, 0.2) is 12.1 Å². The van der Waals surface area contributed by atoms with Crippen molar-refractivity contribution < 1.29 is 9.84 Å². The lowest BCUT2D eigenvalue weighted by Gasteiger charge is -2.13. The molecule has 0 radical (unpaired) electrons. The Hall–Kier alpha value is -0.970. The first kappa shape index (κ1) is 11.1. The third kappa shape index (κ3) is 2.09. The lowest BCUT2D eigenvalue weighted by molar-refractivity contribution is 0.372. The van der Waals surface area contributed by atoms with E-state index in [1.165, 1.54) is 13.2 Å². The number of nitrogens with two attached hydrogens (primary N) is 2. The Labute approximate surface area is 87.4 Å². The van der Waals surface area contributed by atoms with E-state index in [9.17, 15) is 5.11 Å². The number of rotatable bonds is 3. The van der Waals surface area contributed by atoms with Crippen LogP contribution in [0.2, 0.25) is 5.02 Å². The second-order valence-electron chi connectivity index (χ2n) is 2.89. The number of hydrogen-bond acceptors (Lipinski definition) is 4. The SMILES string of the molecule is COc1cc([C@H](N)CN)c(Cl)cc1O. The molecule has 0 unspecified atom stereocenters. The maximum Gasteiger partial charge on any atom is 0.160 e. The molecule has 0 aliphatic rings. The van der Waals surface area contributed by atoms with Gasteiger partial charge in [0.05, 0.1) is 7.11 Å². The number of hydrogen-bond donors (Lipinski definition) is 3. The minimum absolute atomic E-state index is 0.00882. The summed E-state index contributed by atoms with van der Waals surface area (Å²) in [4.78, 5) is 0. The Bertz CT molecular complexity index is 331. The van der Waals surface area contributed by atoms with Gasteiger partial charge in [-0.05, 0) is 11.6 Å². The van der Waals surface area contributed by atoms with Gasteiger partial charge in [0.25, 0.3) is 0 Å². The molecule has 5 heteroatoms. The lowest BCUT2D eigenvalue weighted by Crippen LogP contribution is -2.21. The number of methoxy groups -OCH3 is 1. The number of ether oxygens (including phenoxy) is 1. The van der Waals surface area contributed by atoms with E-state index in [0.717, 1.165) is 0 Å². The van der Waals surface area contributed by atoms with E-state index in [-0.39, 0.29) is 18.3 Å². The third-order valence-corrected chi connectivity index (χ3v) is 2.28. The molecule has 0 fully saturated rings. The highest BCUT2D eigenvalue weighted by atomic mass is 35.5. The monoisotopic (exact) mass is 216 g/mol. The van der Waals surface area contributed by atoms with Gasteiger partial charge in [-0.15, -0.1) is 0 Å². The minimum Gasteiger partial charge on any atom is -0.504 e. The van der Waals surface area contributed by atoms with E-state index in [1.54, 1.807) is 6.07 Å². The topological polar surface area (TPSA) is 81.5 Å². The molecule has 0 bridgehead atoms. The van der Waals surface area contributed by atoms with Gasteiger partial charge in [0, 0.05) is 23.7 Å². The molecule has 1 atom stereocenters. The van der Waals surface area contributed by atoms with Gasteiger partial charge in [-0.1, -0.05) is 11.6 Å². The maximum absolute atomic E-state index is 9.39. The maximum atomic E-state index is 9.39. The molecular weight excluding hydrogens is 204 g/mol. The average molecular weight is 217 g/mol. The van der Waals surface area contributed by atoms with Crippen LogP contribution in [0.5, 0.6) is 11.5 Å². The molecule has 0 saturated heterocycles. The molecule has 4 nitrogen and oxygen atoms in total. The van der Waals surface area contributed by atoms with Crippen LogP contribution in [0.25, 0.3) is 0 Å². The van der Waals surface area contributed by atoms with Crippen molar-refractivity contribution in [3.8, 4) is 11.5 Å². The lowest BCUT2D eigenvalue weighted by atomic mass is 10.1. The zero-order chi connectivity index (χ0) is 10.7. The summed E-state index contributed by atoms with van der Waals surface area (Å²) in [5, 5.41) is 9.78. The Kier molecular flexibility index (Phi) is 3.57. The molecule has 0 aliphatic carbocycles. The zero-order valence-electron chi connectivity index (χ0n) is 7.83. The van der Waals surface area contributed by atoms with E-state index in [4.69, 9.17) is 27.8 Å². The Morgan fingerprint density at radius 1 is 1.57 bits per heavy atom. The first-order valence-corrected chi connectivity index (χ1v) is 4.50. The summed E-state index contributed by atoms with van der Waals surface area (Å²) in [6.45, 7) is 0.285. The molecule has 0 saturated carbocycles. The molecule has 0 amide bonds. The van der Waals surface area contributed by atoms with Gasteiger partial charge in [0.2, 0.25) is 0 Å². The molecule has 1 aromatic rings. The predicted molar refractivity (Wildman–Crippen MR) is 55.7 cm³/mol. The zero-order valence-corrected chi connectivity index (χ0v) is 8.58. The average Bonchev–Trinajstić information content (AvgIpc) is 2.17. The van der Waals surface area contributed by atoms with E-state index >= 15 is 0 Å². The minimum atomic E-state index is -0.350. The molecule has 1 aromatic carbocycles. The molecule has 0 aromatic heterocycles. The van der Waals surface area contributed by atoms with Crippen molar-refractivity contribution in [2.45, 2.75) is 6.04 Å². The summed E-state index contributed by atoms with van der Waals surface area (Å²) in [7, 11) is 1.46. The number of benzene rings is 1. The van der Waals surface area contributed by atoms with Crippen LogP contribution in [-0.2, 0) is 0 Å². The largest absolute Gasteiger partial charge is 0.504 e. The smallest absolute Gasteiger partial charge is 0.160 e. The van der Waals surface area contributed by atoms with Crippen LogP contribution in [0.4, 0.5) is 0 Å². The fraction of sp³-hybridized carbons (Fsp3) is 0.333. The molecule has 0 spiro atoms. The highest BCUT2D eigenvalue weighted by Gasteiger charge is 2.13. The van der Waals surface area contributed by atoms with Crippen LogP contribution in [0.1, 0.15) is 11.6 Å². The summed E-state index contributed by atoms with van der Waals surface area (Å²) in [6, 6.07) is 2.64. The number of halogens is 1. The summed E-state index contributed by atoms with van der Waals surface area (Å²) in [5.41, 5.74) is 11.8. The van der Waals surface area contributed by atoms with Crippen molar-refractivity contribution in [1.29, 1.82) is 0 Å². The van der Waals surface area contributed by atoms with Crippen molar-refractivity contribution in [2.75, 3.05) is 13.7 Å². The van der Waals surface area contributed by atoms with Crippen LogP contribution < -0.4 is 16.2 Å². The van der Waals surface area contributed by atoms with E-state index in [2.05, 4.69) is 0 Å². The molecular formula is C9H13ClN2O2. The summed E-state index contributed by atoms with van der Waals surface area (Å²) in [6.07, 6.45) is 0. The Morgan fingerprint density at radius 2 is 2.21 bits per heavy atom.